The summed E-state index contributed by atoms with van der Waals surface area (Å²) in [4.78, 5) is 11.0. The van der Waals surface area contributed by atoms with Crippen LogP contribution in [0.3, 0.4) is 0 Å². The molecule has 0 aliphatic rings. The van der Waals surface area contributed by atoms with Crippen molar-refractivity contribution in [1.29, 1.82) is 0 Å². The molecule has 0 aromatic heterocycles. The van der Waals surface area contributed by atoms with Crippen molar-refractivity contribution < 1.29 is 22.7 Å². The van der Waals surface area contributed by atoms with E-state index in [1.165, 1.54) is 6.92 Å². The quantitative estimate of drug-likeness (QED) is 0.807. The Hall–Kier alpha value is -1.47. The molecule has 0 bridgehead atoms. The van der Waals surface area contributed by atoms with Crippen molar-refractivity contribution in [3.05, 3.63) is 29.6 Å². The van der Waals surface area contributed by atoms with Crippen LogP contribution in [0.4, 0.5) is 4.39 Å². The second-order valence-electron chi connectivity index (χ2n) is 4.56. The molecule has 20 heavy (non-hydrogen) atoms. The SMILES string of the molecule is CCCC[C@H](NS(=O)(=O)c1ccc(F)cc1C)C(=O)O. The van der Waals surface area contributed by atoms with Crippen LogP contribution in [0.2, 0.25) is 0 Å². The van der Waals surface area contributed by atoms with Gasteiger partial charge in [0.1, 0.15) is 11.9 Å². The number of rotatable bonds is 7. The molecule has 0 unspecified atom stereocenters. The molecule has 0 heterocycles. The Labute approximate surface area is 117 Å². The van der Waals surface area contributed by atoms with E-state index in [2.05, 4.69) is 4.72 Å². The molecule has 1 rings (SSSR count). The lowest BCUT2D eigenvalue weighted by Gasteiger charge is -2.15. The molecule has 0 fully saturated rings. The summed E-state index contributed by atoms with van der Waals surface area (Å²) in [7, 11) is -3.98. The van der Waals surface area contributed by atoms with Gasteiger partial charge in [-0.15, -0.1) is 0 Å². The minimum Gasteiger partial charge on any atom is -0.480 e. The predicted octanol–water partition coefficient (Wildman–Crippen LogP) is 2.06. The van der Waals surface area contributed by atoms with Gasteiger partial charge in [-0.2, -0.15) is 4.72 Å². The van der Waals surface area contributed by atoms with Crippen LogP contribution in [0.25, 0.3) is 0 Å². The van der Waals surface area contributed by atoms with Gasteiger partial charge in [-0.25, -0.2) is 12.8 Å². The number of carboxylic acids is 1. The molecule has 5 nitrogen and oxygen atoms in total. The van der Waals surface area contributed by atoms with Crippen LogP contribution < -0.4 is 4.72 Å². The second-order valence-corrected chi connectivity index (χ2v) is 6.25. The van der Waals surface area contributed by atoms with Crippen LogP contribution in [0, 0.1) is 12.7 Å². The fourth-order valence-corrected chi connectivity index (χ4v) is 3.26. The summed E-state index contributed by atoms with van der Waals surface area (Å²) < 4.78 is 39.4. The average molecular weight is 303 g/mol. The third kappa shape index (κ3) is 4.28. The van der Waals surface area contributed by atoms with E-state index in [-0.39, 0.29) is 16.9 Å². The third-order valence-electron chi connectivity index (χ3n) is 2.87. The van der Waals surface area contributed by atoms with Gasteiger partial charge in [0.2, 0.25) is 10.0 Å². The molecule has 0 radical (unpaired) electrons. The molecular formula is C13H18FNO4S. The maximum atomic E-state index is 13.0. The lowest BCUT2D eigenvalue weighted by atomic mass is 10.1. The number of sulfonamides is 1. The first-order chi connectivity index (χ1) is 9.27. The molecule has 1 aromatic rings. The zero-order valence-corrected chi connectivity index (χ0v) is 12.2. The number of aliphatic carboxylic acids is 1. The minimum absolute atomic E-state index is 0.110. The van der Waals surface area contributed by atoms with Crippen molar-refractivity contribution in [2.75, 3.05) is 0 Å². The van der Waals surface area contributed by atoms with E-state index < -0.39 is 27.9 Å². The highest BCUT2D eigenvalue weighted by atomic mass is 32.2. The first-order valence-corrected chi connectivity index (χ1v) is 7.77. The van der Waals surface area contributed by atoms with Crippen molar-refractivity contribution in [2.24, 2.45) is 0 Å². The van der Waals surface area contributed by atoms with Crippen LogP contribution in [-0.2, 0) is 14.8 Å². The molecule has 1 atom stereocenters. The Balaban J connectivity index is 3.00. The fourth-order valence-electron chi connectivity index (χ4n) is 1.81. The topological polar surface area (TPSA) is 83.5 Å². The number of nitrogens with one attached hydrogen (secondary N) is 1. The van der Waals surface area contributed by atoms with Gasteiger partial charge in [0.25, 0.3) is 0 Å². The van der Waals surface area contributed by atoms with Crippen molar-refractivity contribution in [3.8, 4) is 0 Å². The molecular weight excluding hydrogens is 285 g/mol. The normalized spacial score (nSPS) is 13.2. The van der Waals surface area contributed by atoms with Gasteiger partial charge in [0.15, 0.2) is 0 Å². The summed E-state index contributed by atoms with van der Waals surface area (Å²) in [6.07, 6.45) is 1.58. The summed E-state index contributed by atoms with van der Waals surface area (Å²) in [6.45, 7) is 3.34. The fraction of sp³-hybridized carbons (Fsp3) is 0.462. The number of hydrogen-bond donors (Lipinski definition) is 2. The first-order valence-electron chi connectivity index (χ1n) is 6.29. The molecule has 0 saturated carbocycles. The highest BCUT2D eigenvalue weighted by Gasteiger charge is 2.26. The van der Waals surface area contributed by atoms with Gasteiger partial charge in [-0.05, 0) is 37.1 Å². The van der Waals surface area contributed by atoms with Crippen molar-refractivity contribution in [3.63, 3.8) is 0 Å². The van der Waals surface area contributed by atoms with Crippen LogP contribution in [0.5, 0.6) is 0 Å². The van der Waals surface area contributed by atoms with Gasteiger partial charge in [-0.1, -0.05) is 19.8 Å². The van der Waals surface area contributed by atoms with Crippen molar-refractivity contribution >= 4 is 16.0 Å². The molecule has 112 valence electrons. The minimum atomic E-state index is -3.98. The number of hydrogen-bond acceptors (Lipinski definition) is 3. The Morgan fingerprint density at radius 3 is 2.60 bits per heavy atom. The number of benzene rings is 1. The summed E-state index contributed by atoms with van der Waals surface area (Å²) in [5.41, 5.74) is 0.233. The summed E-state index contributed by atoms with van der Waals surface area (Å²) >= 11 is 0. The molecule has 0 aliphatic heterocycles. The van der Waals surface area contributed by atoms with E-state index in [1.54, 1.807) is 0 Å². The van der Waals surface area contributed by atoms with E-state index in [9.17, 15) is 17.6 Å². The molecule has 0 aliphatic carbocycles. The second kappa shape index (κ2) is 6.81. The highest BCUT2D eigenvalue weighted by molar-refractivity contribution is 7.89. The van der Waals surface area contributed by atoms with E-state index in [1.807, 2.05) is 6.92 Å². The van der Waals surface area contributed by atoms with Gasteiger partial charge in [0.05, 0.1) is 4.90 Å². The van der Waals surface area contributed by atoms with Gasteiger partial charge >= 0.3 is 5.97 Å². The monoisotopic (exact) mass is 303 g/mol. The number of unbranched alkanes of at least 4 members (excludes halogenated alkanes) is 1. The lowest BCUT2D eigenvalue weighted by Crippen LogP contribution is -2.40. The van der Waals surface area contributed by atoms with Crippen LogP contribution in [0.1, 0.15) is 31.7 Å². The smallest absolute Gasteiger partial charge is 0.321 e. The zero-order valence-electron chi connectivity index (χ0n) is 11.4. The Morgan fingerprint density at radius 2 is 2.10 bits per heavy atom. The van der Waals surface area contributed by atoms with Crippen molar-refractivity contribution in [2.45, 2.75) is 44.0 Å². The molecule has 2 N–H and O–H groups in total. The molecule has 7 heteroatoms. The lowest BCUT2D eigenvalue weighted by molar-refractivity contribution is -0.139. The van der Waals surface area contributed by atoms with E-state index >= 15 is 0 Å². The number of halogens is 1. The third-order valence-corrected chi connectivity index (χ3v) is 4.50. The zero-order chi connectivity index (χ0) is 15.3. The number of aryl methyl sites for hydroxylation is 1. The maximum Gasteiger partial charge on any atom is 0.321 e. The van der Waals surface area contributed by atoms with E-state index in [0.29, 0.717) is 6.42 Å². The van der Waals surface area contributed by atoms with E-state index in [4.69, 9.17) is 5.11 Å². The number of carboxylic acid groups (broad SMARTS) is 1. The van der Waals surface area contributed by atoms with Crippen LogP contribution in [0.15, 0.2) is 23.1 Å². The Bertz CT molecular complexity index is 586. The molecule has 0 amide bonds. The molecule has 1 aromatic carbocycles. The van der Waals surface area contributed by atoms with Gasteiger partial charge in [0, 0.05) is 0 Å². The summed E-state index contributed by atoms with van der Waals surface area (Å²) in [5, 5.41) is 9.04. The largest absolute Gasteiger partial charge is 0.480 e. The van der Waals surface area contributed by atoms with Crippen LogP contribution >= 0.6 is 0 Å². The first kappa shape index (κ1) is 16.6. The molecule has 0 spiro atoms. The Kier molecular flexibility index (Phi) is 5.64. The average Bonchev–Trinajstić information content (AvgIpc) is 2.33. The highest BCUT2D eigenvalue weighted by Crippen LogP contribution is 2.17. The van der Waals surface area contributed by atoms with Crippen LogP contribution in [-0.4, -0.2) is 25.5 Å². The van der Waals surface area contributed by atoms with Crippen molar-refractivity contribution in [1.82, 2.24) is 4.72 Å². The summed E-state index contributed by atoms with van der Waals surface area (Å²) in [6, 6.07) is 2.08. The predicted molar refractivity (Wildman–Crippen MR) is 72.4 cm³/mol. The maximum absolute atomic E-state index is 13.0. The summed E-state index contributed by atoms with van der Waals surface area (Å²) in [5.74, 6) is -1.76. The number of carbonyl (C=O) groups is 1. The molecule has 0 saturated heterocycles. The standard InChI is InChI=1S/C13H18FNO4S/c1-3-4-5-11(13(16)17)15-20(18,19)12-7-6-10(14)8-9(12)2/h6-8,11,15H,3-5H2,1-2H3,(H,16,17)/t11-/m0/s1. The van der Waals surface area contributed by atoms with E-state index in [0.717, 1.165) is 24.6 Å². The van der Waals surface area contributed by atoms with Gasteiger partial charge in [-0.3, -0.25) is 4.79 Å². The van der Waals surface area contributed by atoms with Gasteiger partial charge < -0.3 is 5.11 Å². The Morgan fingerprint density at radius 1 is 1.45 bits per heavy atom.